The molecular formula is C13H15NO4. The minimum absolute atomic E-state index is 0.177. The second-order valence-corrected chi connectivity index (χ2v) is 4.36. The number of rotatable bonds is 1. The summed E-state index contributed by atoms with van der Waals surface area (Å²) in [6.45, 7) is 0.573. The number of benzene rings is 1. The summed E-state index contributed by atoms with van der Waals surface area (Å²) in [5.74, 6) is -1.48. The zero-order valence-corrected chi connectivity index (χ0v) is 10.1. The quantitative estimate of drug-likeness (QED) is 0.819. The Morgan fingerprint density at radius 3 is 2.61 bits per heavy atom. The van der Waals surface area contributed by atoms with Gasteiger partial charge in [-0.2, -0.15) is 0 Å². The molecule has 1 atom stereocenters. The van der Waals surface area contributed by atoms with E-state index in [0.717, 1.165) is 11.1 Å². The third-order valence-corrected chi connectivity index (χ3v) is 3.17. The molecule has 1 aromatic carbocycles. The van der Waals surface area contributed by atoms with Gasteiger partial charge in [0.1, 0.15) is 0 Å². The highest BCUT2D eigenvalue weighted by atomic mass is 16.5. The van der Waals surface area contributed by atoms with Gasteiger partial charge in [0.2, 0.25) is 0 Å². The number of carbonyl (C=O) groups excluding carboxylic acids is 1. The Labute approximate surface area is 105 Å². The fourth-order valence-corrected chi connectivity index (χ4v) is 2.21. The summed E-state index contributed by atoms with van der Waals surface area (Å²) in [6.07, 6.45) is -0.0446. The van der Waals surface area contributed by atoms with E-state index in [1.807, 2.05) is 24.3 Å². The van der Waals surface area contributed by atoms with E-state index in [2.05, 4.69) is 4.74 Å². The Kier molecular flexibility index (Phi) is 3.50. The molecule has 96 valence electrons. The van der Waals surface area contributed by atoms with Gasteiger partial charge in [0.15, 0.2) is 0 Å². The molecule has 1 N–H and O–H groups in total. The molecule has 1 aliphatic rings. The number of aliphatic carboxylic acids is 1. The van der Waals surface area contributed by atoms with E-state index in [0.29, 0.717) is 13.0 Å². The third kappa shape index (κ3) is 2.45. The molecule has 0 aromatic heterocycles. The maximum absolute atomic E-state index is 11.6. The molecule has 1 aromatic rings. The number of hydrogen-bond donors (Lipinski definition) is 1. The van der Waals surface area contributed by atoms with Crippen LogP contribution in [0.25, 0.3) is 0 Å². The molecule has 0 saturated carbocycles. The van der Waals surface area contributed by atoms with Gasteiger partial charge in [-0.15, -0.1) is 0 Å². The molecule has 1 amide bonds. The highest BCUT2D eigenvalue weighted by Gasteiger charge is 2.29. The molecule has 5 heteroatoms. The van der Waals surface area contributed by atoms with Crippen molar-refractivity contribution in [1.29, 1.82) is 0 Å². The van der Waals surface area contributed by atoms with Crippen LogP contribution in [-0.2, 0) is 22.5 Å². The summed E-state index contributed by atoms with van der Waals surface area (Å²) in [6, 6.07) is 7.59. The van der Waals surface area contributed by atoms with E-state index in [-0.39, 0.29) is 6.54 Å². The van der Waals surface area contributed by atoms with Gasteiger partial charge in [0.05, 0.1) is 13.0 Å². The average molecular weight is 249 g/mol. The number of amides is 1. The van der Waals surface area contributed by atoms with E-state index in [1.165, 1.54) is 12.0 Å². The topological polar surface area (TPSA) is 66.8 Å². The monoisotopic (exact) mass is 249 g/mol. The number of methoxy groups -OCH3 is 1. The maximum atomic E-state index is 11.6. The van der Waals surface area contributed by atoms with Gasteiger partial charge >= 0.3 is 12.1 Å². The Morgan fingerprint density at radius 2 is 2.00 bits per heavy atom. The number of carboxylic acid groups (broad SMARTS) is 1. The molecule has 5 nitrogen and oxygen atoms in total. The van der Waals surface area contributed by atoms with Gasteiger partial charge in [0, 0.05) is 13.1 Å². The second-order valence-electron chi connectivity index (χ2n) is 4.36. The van der Waals surface area contributed by atoms with Crippen LogP contribution in [-0.4, -0.2) is 35.7 Å². The lowest BCUT2D eigenvalue weighted by molar-refractivity contribution is -0.142. The van der Waals surface area contributed by atoms with Crippen LogP contribution in [0.4, 0.5) is 4.79 Å². The first-order chi connectivity index (χ1) is 8.61. The zero-order chi connectivity index (χ0) is 13.1. The first-order valence-electron chi connectivity index (χ1n) is 5.74. The molecule has 0 aliphatic carbocycles. The highest BCUT2D eigenvalue weighted by Crippen LogP contribution is 2.22. The van der Waals surface area contributed by atoms with Crippen LogP contribution in [0.3, 0.4) is 0 Å². The van der Waals surface area contributed by atoms with Crippen LogP contribution in [0.15, 0.2) is 24.3 Å². The molecule has 18 heavy (non-hydrogen) atoms. The number of hydrogen-bond acceptors (Lipinski definition) is 3. The molecule has 2 rings (SSSR count). The molecular weight excluding hydrogens is 234 g/mol. The van der Waals surface area contributed by atoms with Crippen molar-refractivity contribution in [3.8, 4) is 0 Å². The van der Waals surface area contributed by atoms with Gasteiger partial charge in [-0.05, 0) is 17.5 Å². The highest BCUT2D eigenvalue weighted by molar-refractivity contribution is 5.73. The maximum Gasteiger partial charge on any atom is 0.409 e. The van der Waals surface area contributed by atoms with Crippen molar-refractivity contribution in [3.63, 3.8) is 0 Å². The van der Waals surface area contributed by atoms with Crippen molar-refractivity contribution in [1.82, 2.24) is 4.90 Å². The molecule has 0 bridgehead atoms. The van der Waals surface area contributed by atoms with Gasteiger partial charge in [-0.3, -0.25) is 4.79 Å². The van der Waals surface area contributed by atoms with Crippen LogP contribution in [0.5, 0.6) is 0 Å². The fourth-order valence-electron chi connectivity index (χ4n) is 2.21. The number of carbonyl (C=O) groups is 2. The number of fused-ring (bicyclic) bond motifs is 1. The third-order valence-electron chi connectivity index (χ3n) is 3.17. The van der Waals surface area contributed by atoms with Crippen LogP contribution < -0.4 is 0 Å². The Morgan fingerprint density at radius 1 is 1.33 bits per heavy atom. The Bertz CT molecular complexity index is 472. The van der Waals surface area contributed by atoms with E-state index >= 15 is 0 Å². The van der Waals surface area contributed by atoms with Crippen LogP contribution in [0.2, 0.25) is 0 Å². The molecule has 0 fully saturated rings. The summed E-state index contributed by atoms with van der Waals surface area (Å²) in [5.41, 5.74) is 1.96. The molecule has 0 spiro atoms. The van der Waals surface area contributed by atoms with E-state index in [4.69, 9.17) is 0 Å². The lowest BCUT2D eigenvalue weighted by Gasteiger charge is -2.21. The van der Waals surface area contributed by atoms with Crippen molar-refractivity contribution < 1.29 is 19.4 Å². The lowest BCUT2D eigenvalue weighted by atomic mass is 9.98. The second kappa shape index (κ2) is 5.08. The smallest absolute Gasteiger partial charge is 0.409 e. The minimum Gasteiger partial charge on any atom is -0.481 e. The van der Waals surface area contributed by atoms with Crippen LogP contribution in [0, 0.1) is 5.92 Å². The van der Waals surface area contributed by atoms with Crippen molar-refractivity contribution >= 4 is 12.1 Å². The SMILES string of the molecule is COC(=O)N1Cc2ccccc2CC(C(=O)O)C1. The molecule has 1 aliphatic heterocycles. The first kappa shape index (κ1) is 12.4. The fraction of sp³-hybridized carbons (Fsp3) is 0.385. The normalized spacial score (nSPS) is 18.7. The lowest BCUT2D eigenvalue weighted by Crippen LogP contribution is -2.36. The van der Waals surface area contributed by atoms with Gasteiger partial charge in [-0.25, -0.2) is 4.79 Å². The minimum atomic E-state index is -0.888. The summed E-state index contributed by atoms with van der Waals surface area (Å²) < 4.78 is 4.68. The van der Waals surface area contributed by atoms with Crippen molar-refractivity contribution in [2.75, 3.05) is 13.7 Å². The molecule has 0 radical (unpaired) electrons. The predicted octanol–water partition coefficient (Wildman–Crippen LogP) is 1.51. The van der Waals surface area contributed by atoms with E-state index < -0.39 is 18.0 Å². The molecule has 0 saturated heterocycles. The Hall–Kier alpha value is -2.04. The zero-order valence-electron chi connectivity index (χ0n) is 10.1. The Balaban J connectivity index is 2.33. The van der Waals surface area contributed by atoms with Crippen LogP contribution >= 0.6 is 0 Å². The number of carboxylic acids is 1. The van der Waals surface area contributed by atoms with E-state index in [9.17, 15) is 14.7 Å². The van der Waals surface area contributed by atoms with Crippen LogP contribution in [0.1, 0.15) is 11.1 Å². The van der Waals surface area contributed by atoms with Crippen molar-refractivity contribution in [2.24, 2.45) is 5.92 Å². The van der Waals surface area contributed by atoms with Gasteiger partial charge < -0.3 is 14.7 Å². The summed E-state index contributed by atoms with van der Waals surface area (Å²) >= 11 is 0. The van der Waals surface area contributed by atoms with Gasteiger partial charge in [0.25, 0.3) is 0 Å². The summed E-state index contributed by atoms with van der Waals surface area (Å²) in [5, 5.41) is 9.18. The first-order valence-corrected chi connectivity index (χ1v) is 5.74. The van der Waals surface area contributed by atoms with Crippen molar-refractivity contribution in [2.45, 2.75) is 13.0 Å². The van der Waals surface area contributed by atoms with Gasteiger partial charge in [-0.1, -0.05) is 24.3 Å². The molecule has 1 heterocycles. The largest absolute Gasteiger partial charge is 0.481 e. The number of ether oxygens (including phenoxy) is 1. The average Bonchev–Trinajstić information content (AvgIpc) is 2.57. The van der Waals surface area contributed by atoms with Crippen molar-refractivity contribution in [3.05, 3.63) is 35.4 Å². The summed E-state index contributed by atoms with van der Waals surface area (Å²) in [4.78, 5) is 24.2. The summed E-state index contributed by atoms with van der Waals surface area (Å²) in [7, 11) is 1.30. The number of nitrogens with zero attached hydrogens (tertiary/aromatic N) is 1. The standard InChI is InChI=1S/C13H15NO4/c1-18-13(17)14-7-10-5-3-2-4-9(10)6-11(8-14)12(15)16/h2-5,11H,6-8H2,1H3,(H,15,16). The predicted molar refractivity (Wildman–Crippen MR) is 64.1 cm³/mol. The van der Waals surface area contributed by atoms with E-state index in [1.54, 1.807) is 0 Å². The molecule has 1 unspecified atom stereocenters.